The highest BCUT2D eigenvalue weighted by atomic mass is 16.7. The highest BCUT2D eigenvalue weighted by molar-refractivity contribution is 6.61. The number of nitrogens with zero attached hydrogens (tertiary/aromatic N) is 4. The third-order valence-electron chi connectivity index (χ3n) is 6.52. The second kappa shape index (κ2) is 8.41. The predicted molar refractivity (Wildman–Crippen MR) is 128 cm³/mol. The Morgan fingerprint density at radius 1 is 1.18 bits per heavy atom. The molecule has 2 saturated heterocycles. The quantitative estimate of drug-likeness (QED) is 0.635. The Hall–Kier alpha value is -2.43. The average molecular weight is 455 g/mol. The van der Waals surface area contributed by atoms with Crippen molar-refractivity contribution in [1.29, 1.82) is 0 Å². The van der Waals surface area contributed by atoms with E-state index >= 15 is 0 Å². The van der Waals surface area contributed by atoms with Crippen LogP contribution in [0.5, 0.6) is 5.75 Å². The maximum absolute atomic E-state index is 12.7. The van der Waals surface area contributed by atoms with Crippen LogP contribution in [0.1, 0.15) is 48.0 Å². The smallest absolute Gasteiger partial charge is 0.485 e. The number of aromatic nitrogens is 3. The highest BCUT2D eigenvalue weighted by Crippen LogP contribution is 2.36. The monoisotopic (exact) mass is 455 g/mol. The van der Waals surface area contributed by atoms with E-state index in [2.05, 4.69) is 34.1 Å². The van der Waals surface area contributed by atoms with Crippen LogP contribution in [0, 0.1) is 0 Å². The fourth-order valence-electron chi connectivity index (χ4n) is 3.88. The molecular weight excluding hydrogens is 421 g/mol. The highest BCUT2D eigenvalue weighted by Gasteiger charge is 2.52. The molecule has 2 aromatic heterocycles. The number of nitrogens with one attached hydrogen (secondary N) is 1. The van der Waals surface area contributed by atoms with Gasteiger partial charge in [-0.05, 0) is 79.3 Å². The van der Waals surface area contributed by atoms with Crippen LogP contribution in [0.25, 0.3) is 0 Å². The number of aryl methyl sites for hydroxylation is 1. The van der Waals surface area contributed by atoms with Crippen LogP contribution in [-0.2, 0) is 16.4 Å². The lowest BCUT2D eigenvalue weighted by molar-refractivity contribution is 0.00578. The summed E-state index contributed by atoms with van der Waals surface area (Å²) in [5, 5.41) is 7.45. The van der Waals surface area contributed by atoms with E-state index in [0.29, 0.717) is 22.8 Å². The van der Waals surface area contributed by atoms with Crippen LogP contribution in [0.4, 0.5) is 11.5 Å². The predicted octanol–water partition coefficient (Wildman–Crippen LogP) is 2.08. The second-order valence-corrected chi connectivity index (χ2v) is 10.5. The summed E-state index contributed by atoms with van der Waals surface area (Å²) in [5.74, 6) is 1.22. The van der Waals surface area contributed by atoms with Gasteiger partial charge in [-0.1, -0.05) is 0 Å². The van der Waals surface area contributed by atoms with Crippen molar-refractivity contribution in [2.75, 3.05) is 25.0 Å². The first-order valence-corrected chi connectivity index (χ1v) is 11.4. The zero-order valence-electron chi connectivity index (χ0n) is 20.6. The zero-order chi connectivity index (χ0) is 24.0. The first-order chi connectivity index (χ1) is 15.4. The molecule has 2 aliphatic rings. The van der Waals surface area contributed by atoms with Gasteiger partial charge in [0.15, 0.2) is 0 Å². The zero-order valence-corrected chi connectivity index (χ0v) is 20.6. The summed E-state index contributed by atoms with van der Waals surface area (Å²) in [6.45, 7) is 15.2. The average Bonchev–Trinajstić information content (AvgIpc) is 2.91. The molecule has 0 saturated carbocycles. The van der Waals surface area contributed by atoms with E-state index in [1.54, 1.807) is 25.4 Å². The van der Waals surface area contributed by atoms with Crippen LogP contribution >= 0.6 is 0 Å². The van der Waals surface area contributed by atoms with Crippen LogP contribution in [0.15, 0.2) is 29.2 Å². The standard InChI is InChI=1S/C23H34BN5O4/c1-21(2,15-29-11-8-12-29)31-16-9-10-19(25-14-16)26-17-13-18(27-28(7)20(17)30)24-32-22(3,4)23(5,6)33-24/h9-10,13-14H,8,11-12,15H2,1-7H3,(H,25,26). The summed E-state index contributed by atoms with van der Waals surface area (Å²) < 4.78 is 19.6. The molecule has 2 aliphatic heterocycles. The van der Waals surface area contributed by atoms with Crippen LogP contribution in [0.2, 0.25) is 0 Å². The van der Waals surface area contributed by atoms with Gasteiger partial charge in [-0.25, -0.2) is 9.67 Å². The molecule has 33 heavy (non-hydrogen) atoms. The first kappa shape index (κ1) is 23.7. The van der Waals surface area contributed by atoms with E-state index in [-0.39, 0.29) is 11.2 Å². The number of pyridine rings is 1. The number of likely N-dealkylation sites (tertiary alicyclic amines) is 1. The van der Waals surface area contributed by atoms with Crippen molar-refractivity contribution in [3.05, 3.63) is 34.7 Å². The van der Waals surface area contributed by atoms with E-state index in [1.165, 1.54) is 11.1 Å². The molecule has 178 valence electrons. The minimum absolute atomic E-state index is 0.270. The van der Waals surface area contributed by atoms with E-state index in [4.69, 9.17) is 14.0 Å². The minimum atomic E-state index is -0.667. The lowest BCUT2D eigenvalue weighted by Gasteiger charge is -2.38. The summed E-state index contributed by atoms with van der Waals surface area (Å²) in [5.41, 5.74) is -0.712. The van der Waals surface area contributed by atoms with Gasteiger partial charge < -0.3 is 19.4 Å². The Morgan fingerprint density at radius 3 is 2.39 bits per heavy atom. The van der Waals surface area contributed by atoms with Crippen molar-refractivity contribution >= 4 is 24.2 Å². The van der Waals surface area contributed by atoms with Crippen LogP contribution < -0.4 is 21.2 Å². The molecule has 0 unspecified atom stereocenters. The Labute approximate surface area is 195 Å². The SMILES string of the molecule is Cn1nc(B2OC(C)(C)C(C)(C)O2)cc(Nc2ccc(OC(C)(C)CN3CCC3)cn2)c1=O. The molecular formula is C23H34BN5O4. The lowest BCUT2D eigenvalue weighted by atomic mass is 9.84. The van der Waals surface area contributed by atoms with Gasteiger partial charge in [-0.2, -0.15) is 5.10 Å². The molecule has 0 amide bonds. The topological polar surface area (TPSA) is 90.7 Å². The van der Waals surface area contributed by atoms with Crippen molar-refractivity contribution in [2.45, 2.75) is 64.8 Å². The molecule has 2 fully saturated rings. The van der Waals surface area contributed by atoms with Gasteiger partial charge in [0.2, 0.25) is 0 Å². The largest absolute Gasteiger partial charge is 0.516 e. The minimum Gasteiger partial charge on any atom is -0.485 e. The fraction of sp³-hybridized carbons (Fsp3) is 0.609. The van der Waals surface area contributed by atoms with Gasteiger partial charge in [0.05, 0.1) is 23.0 Å². The van der Waals surface area contributed by atoms with E-state index in [1.807, 2.05) is 33.8 Å². The maximum Gasteiger partial charge on any atom is 0.516 e. The lowest BCUT2D eigenvalue weighted by Crippen LogP contribution is -2.48. The number of rotatable bonds is 7. The van der Waals surface area contributed by atoms with Gasteiger partial charge in [-0.15, -0.1) is 0 Å². The molecule has 1 N–H and O–H groups in total. The molecule has 0 spiro atoms. The van der Waals surface area contributed by atoms with Gasteiger partial charge in [0, 0.05) is 13.6 Å². The Kier molecular flexibility index (Phi) is 6.05. The number of hydrogen-bond donors (Lipinski definition) is 1. The summed E-state index contributed by atoms with van der Waals surface area (Å²) in [7, 11) is 0.937. The summed E-state index contributed by atoms with van der Waals surface area (Å²) in [6, 6.07) is 5.31. The van der Waals surface area contributed by atoms with Gasteiger partial charge in [0.25, 0.3) is 5.56 Å². The molecule has 2 aromatic rings. The summed E-state index contributed by atoms with van der Waals surface area (Å²) in [6.07, 6.45) is 2.92. The molecule has 4 rings (SSSR count). The summed E-state index contributed by atoms with van der Waals surface area (Å²) in [4.78, 5) is 19.5. The van der Waals surface area contributed by atoms with E-state index in [9.17, 15) is 4.79 Å². The number of hydrogen-bond acceptors (Lipinski definition) is 8. The molecule has 10 heteroatoms. The Balaban J connectivity index is 1.48. The maximum atomic E-state index is 12.7. The van der Waals surface area contributed by atoms with Gasteiger partial charge in [-0.3, -0.25) is 9.69 Å². The first-order valence-electron chi connectivity index (χ1n) is 11.4. The molecule has 9 nitrogen and oxygen atoms in total. The van der Waals surface area contributed by atoms with Gasteiger partial charge >= 0.3 is 7.12 Å². The second-order valence-electron chi connectivity index (χ2n) is 10.5. The third-order valence-corrected chi connectivity index (χ3v) is 6.52. The number of anilines is 2. The molecule has 0 atom stereocenters. The molecule has 0 bridgehead atoms. The molecule has 0 radical (unpaired) electrons. The van der Waals surface area contributed by atoms with E-state index in [0.717, 1.165) is 19.6 Å². The molecule has 4 heterocycles. The Morgan fingerprint density at radius 2 is 1.85 bits per heavy atom. The van der Waals surface area contributed by atoms with Crippen LogP contribution in [-0.4, -0.2) is 63.2 Å². The van der Waals surface area contributed by atoms with Crippen molar-refractivity contribution in [3.8, 4) is 5.75 Å². The van der Waals surface area contributed by atoms with Gasteiger partial charge in [0.1, 0.15) is 22.9 Å². The molecule has 0 aromatic carbocycles. The Bertz CT molecular complexity index is 1050. The van der Waals surface area contributed by atoms with Crippen molar-refractivity contribution in [3.63, 3.8) is 0 Å². The molecule has 0 aliphatic carbocycles. The summed E-state index contributed by atoms with van der Waals surface area (Å²) >= 11 is 0. The van der Waals surface area contributed by atoms with Crippen molar-refractivity contribution < 1.29 is 14.0 Å². The van der Waals surface area contributed by atoms with Crippen molar-refractivity contribution in [2.24, 2.45) is 7.05 Å². The normalized spacial score (nSPS) is 19.9. The van der Waals surface area contributed by atoms with Crippen LogP contribution in [0.3, 0.4) is 0 Å². The number of ether oxygens (including phenoxy) is 1. The fourth-order valence-corrected chi connectivity index (χ4v) is 3.88. The third kappa shape index (κ3) is 5.07. The van der Waals surface area contributed by atoms with E-state index < -0.39 is 18.3 Å². The van der Waals surface area contributed by atoms with Crippen molar-refractivity contribution in [1.82, 2.24) is 19.7 Å².